The maximum absolute atomic E-state index is 3.71. The average molecular weight is 567 g/mol. The smallest absolute Gasteiger partial charge is 0.117 e. The quantitative estimate of drug-likeness (QED) is 0.190. The Balaban J connectivity index is 4.19. The summed E-state index contributed by atoms with van der Waals surface area (Å²) in [6.07, 6.45) is 0. The van der Waals surface area contributed by atoms with Crippen LogP contribution in [0.25, 0.3) is 0 Å². The summed E-state index contributed by atoms with van der Waals surface area (Å²) in [6.45, 7) is 45.0. The molecule has 0 fully saturated rings. The topological polar surface area (TPSA) is 0 Å². The zero-order chi connectivity index (χ0) is 30.3. The molecule has 0 N–H and O–H groups in total. The van der Waals surface area contributed by atoms with E-state index in [4.69, 9.17) is 0 Å². The molecule has 0 unspecified atom stereocenters. The van der Waals surface area contributed by atoms with Crippen molar-refractivity contribution in [2.24, 2.45) is 0 Å². The summed E-state index contributed by atoms with van der Waals surface area (Å²) < 4.78 is 0. The van der Waals surface area contributed by atoms with E-state index in [1.54, 1.807) is 0 Å². The number of benzene rings is 1. The minimum atomic E-state index is -1.89. The van der Waals surface area contributed by atoms with Crippen LogP contribution in [0.2, 0.25) is 36.3 Å². The van der Waals surface area contributed by atoms with Crippen LogP contribution in [0.3, 0.4) is 0 Å². The lowest BCUT2D eigenvalue weighted by Gasteiger charge is -2.37. The SMILES string of the molecule is CC(C)(C)c1cc(C(C)(C)C)c(P=C(C#CC#C[Si](C)(C)C(C)(C)C)[Si](C)(C)C(C)(C)C)c(C(C)(C)C)c1. The van der Waals surface area contributed by atoms with Gasteiger partial charge in [0.2, 0.25) is 0 Å². The van der Waals surface area contributed by atoms with Gasteiger partial charge in [-0.25, -0.2) is 0 Å². The summed E-state index contributed by atoms with van der Waals surface area (Å²) in [5, 5.41) is 1.90. The van der Waals surface area contributed by atoms with Crippen molar-refractivity contribution in [2.75, 3.05) is 0 Å². The van der Waals surface area contributed by atoms with E-state index in [9.17, 15) is 0 Å². The molecule has 1 aromatic rings. The van der Waals surface area contributed by atoms with Gasteiger partial charge in [0, 0.05) is 10.2 Å². The minimum Gasteiger partial charge on any atom is -0.117 e. The molecule has 0 spiro atoms. The Morgan fingerprint density at radius 2 is 1.03 bits per heavy atom. The van der Waals surface area contributed by atoms with Crippen LogP contribution in [-0.4, -0.2) is 21.1 Å². The average Bonchev–Trinajstić information content (AvgIpc) is 2.65. The summed E-state index contributed by atoms with van der Waals surface area (Å²) in [6, 6.07) is 4.98. The summed E-state index contributed by atoms with van der Waals surface area (Å²) in [5.41, 5.74) is 8.14. The second-order valence-electron chi connectivity index (χ2n) is 17.4. The molecule has 0 radical (unpaired) electrons. The van der Waals surface area contributed by atoms with Gasteiger partial charge in [-0.3, -0.25) is 0 Å². The largest absolute Gasteiger partial charge is 0.139 e. The molecule has 1 rings (SSSR count). The van der Waals surface area contributed by atoms with Crippen LogP contribution < -0.4 is 5.30 Å². The van der Waals surface area contributed by atoms with Gasteiger partial charge in [-0.05, 0) is 54.9 Å². The Bertz CT molecular complexity index is 1130. The summed E-state index contributed by atoms with van der Waals surface area (Å²) in [5.74, 6) is 10.4. The van der Waals surface area contributed by atoms with Gasteiger partial charge < -0.3 is 0 Å². The molecule has 0 heterocycles. The highest BCUT2D eigenvalue weighted by atomic mass is 31.1. The Morgan fingerprint density at radius 3 is 1.34 bits per heavy atom. The minimum absolute atomic E-state index is 0.0394. The molecule has 0 saturated heterocycles. The molecule has 0 aliphatic rings. The summed E-state index contributed by atoms with van der Waals surface area (Å²) in [7, 11) is -2.31. The highest BCUT2D eigenvalue weighted by molar-refractivity contribution is 7.58. The van der Waals surface area contributed by atoms with Crippen molar-refractivity contribution in [3.63, 3.8) is 0 Å². The molecule has 0 saturated carbocycles. The van der Waals surface area contributed by atoms with Crippen molar-refractivity contribution in [1.29, 1.82) is 0 Å². The van der Waals surface area contributed by atoms with E-state index in [1.165, 1.54) is 35.1 Å². The summed E-state index contributed by atoms with van der Waals surface area (Å²) in [4.78, 5) is 1.40. The third-order valence-electron chi connectivity index (χ3n) is 8.78. The Morgan fingerprint density at radius 1 is 0.605 bits per heavy atom. The van der Waals surface area contributed by atoms with Crippen molar-refractivity contribution in [3.8, 4) is 23.3 Å². The van der Waals surface area contributed by atoms with E-state index in [2.05, 4.69) is 165 Å². The first-order valence-corrected chi connectivity index (χ1v) is 21.2. The van der Waals surface area contributed by atoms with Crippen molar-refractivity contribution >= 4 is 34.6 Å². The molecule has 38 heavy (non-hydrogen) atoms. The van der Waals surface area contributed by atoms with E-state index in [-0.39, 0.29) is 26.3 Å². The van der Waals surface area contributed by atoms with Crippen molar-refractivity contribution in [1.82, 2.24) is 0 Å². The van der Waals surface area contributed by atoms with Crippen LogP contribution in [0.15, 0.2) is 12.1 Å². The first kappa shape index (κ1) is 35.0. The highest BCUT2D eigenvalue weighted by Crippen LogP contribution is 2.41. The van der Waals surface area contributed by atoms with Crippen LogP contribution in [-0.2, 0) is 16.2 Å². The fraction of sp³-hybridized carbons (Fsp3) is 0.686. The van der Waals surface area contributed by atoms with Gasteiger partial charge in [0.25, 0.3) is 0 Å². The van der Waals surface area contributed by atoms with Gasteiger partial charge in [-0.2, -0.15) is 0 Å². The van der Waals surface area contributed by atoms with Gasteiger partial charge in [-0.15, -0.1) is 5.54 Å². The molecule has 0 aliphatic carbocycles. The van der Waals surface area contributed by atoms with Crippen LogP contribution in [0.5, 0.6) is 0 Å². The number of hydrogen-bond acceptors (Lipinski definition) is 0. The monoisotopic (exact) mass is 566 g/mol. The van der Waals surface area contributed by atoms with E-state index in [0.717, 1.165) is 0 Å². The standard InChI is InChI=1S/C35H59PSi2/c1-31(2,3)26-24-27(32(4,5)6)30(28(25-26)33(7,8)9)36-29(38(18,19)35(13,14)15)22-20-21-23-37(16,17)34(10,11)12/h24-25H,1-19H3. The van der Waals surface area contributed by atoms with Gasteiger partial charge in [0.05, 0.1) is 0 Å². The molecule has 0 amide bonds. The Kier molecular flexibility index (Phi) is 10.2. The molecule has 212 valence electrons. The molecule has 3 heteroatoms. The van der Waals surface area contributed by atoms with Gasteiger partial charge in [0.15, 0.2) is 0 Å². The third kappa shape index (κ3) is 8.47. The Labute approximate surface area is 242 Å². The predicted octanol–water partition coefficient (Wildman–Crippen LogP) is 10.4. The lowest BCUT2D eigenvalue weighted by atomic mass is 9.75. The van der Waals surface area contributed by atoms with Crippen molar-refractivity contribution in [3.05, 3.63) is 28.8 Å². The lowest BCUT2D eigenvalue weighted by molar-refractivity contribution is 0.554. The second kappa shape index (κ2) is 11.1. The van der Waals surface area contributed by atoms with Crippen molar-refractivity contribution in [2.45, 2.75) is 156 Å². The first-order valence-electron chi connectivity index (χ1n) is 14.4. The van der Waals surface area contributed by atoms with Gasteiger partial charge in [0.1, 0.15) is 16.1 Å². The second-order valence-corrected chi connectivity index (χ2v) is 29.2. The third-order valence-corrected chi connectivity index (χ3v) is 21.4. The Hall–Kier alpha value is -1.06. The zero-order valence-electron chi connectivity index (χ0n) is 28.6. The molecule has 0 aromatic heterocycles. The van der Waals surface area contributed by atoms with E-state index in [0.29, 0.717) is 0 Å². The molecule has 1 aromatic carbocycles. The van der Waals surface area contributed by atoms with E-state index in [1.807, 2.05) is 0 Å². The van der Waals surface area contributed by atoms with Crippen LogP contribution in [0.1, 0.15) is 121 Å². The van der Waals surface area contributed by atoms with Crippen LogP contribution >= 0.6 is 8.20 Å². The first-order chi connectivity index (χ1) is 16.5. The number of hydrogen-bond donors (Lipinski definition) is 0. The van der Waals surface area contributed by atoms with E-state index < -0.39 is 16.1 Å². The fourth-order valence-corrected chi connectivity index (χ4v) is 9.26. The molecule has 0 nitrogen and oxygen atoms in total. The molecule has 0 atom stereocenters. The normalized spacial score (nSPS) is 14.4. The van der Waals surface area contributed by atoms with E-state index >= 15 is 0 Å². The summed E-state index contributed by atoms with van der Waals surface area (Å²) >= 11 is 0. The van der Waals surface area contributed by atoms with Crippen LogP contribution in [0.4, 0.5) is 0 Å². The lowest BCUT2D eigenvalue weighted by Crippen LogP contribution is -2.45. The number of rotatable bonds is 2. The van der Waals surface area contributed by atoms with Gasteiger partial charge >= 0.3 is 0 Å². The van der Waals surface area contributed by atoms with Crippen LogP contribution in [0, 0.1) is 23.3 Å². The molecular weight excluding hydrogens is 508 g/mol. The van der Waals surface area contributed by atoms with Gasteiger partial charge in [-0.1, -0.05) is 156 Å². The maximum Gasteiger partial charge on any atom is 0.139 e. The zero-order valence-corrected chi connectivity index (χ0v) is 31.5. The van der Waals surface area contributed by atoms with Crippen molar-refractivity contribution < 1.29 is 0 Å². The molecule has 0 aliphatic heterocycles. The molecular formula is C35H59PSi2. The maximum atomic E-state index is 3.71. The fourth-order valence-electron chi connectivity index (χ4n) is 3.59. The molecule has 0 bridgehead atoms. The predicted molar refractivity (Wildman–Crippen MR) is 184 cm³/mol. The highest BCUT2D eigenvalue weighted by Gasteiger charge is 2.40.